The minimum Gasteiger partial charge on any atom is -0.493 e. The Morgan fingerprint density at radius 3 is 2.60 bits per heavy atom. The van der Waals surface area contributed by atoms with Crippen LogP contribution in [0.1, 0.15) is 37.0 Å². The van der Waals surface area contributed by atoms with Crippen molar-refractivity contribution in [3.8, 4) is 11.5 Å². The fourth-order valence-electron chi connectivity index (χ4n) is 2.59. The van der Waals surface area contributed by atoms with Crippen molar-refractivity contribution in [2.45, 2.75) is 32.8 Å². The van der Waals surface area contributed by atoms with E-state index in [0.717, 1.165) is 32.5 Å². The molecule has 110 valence electrons. The van der Waals surface area contributed by atoms with Crippen molar-refractivity contribution in [1.82, 2.24) is 4.90 Å². The van der Waals surface area contributed by atoms with Crippen LogP contribution >= 0.6 is 0 Å². The predicted molar refractivity (Wildman–Crippen MR) is 78.8 cm³/mol. The summed E-state index contributed by atoms with van der Waals surface area (Å²) in [6.45, 7) is 6.91. The van der Waals surface area contributed by atoms with Gasteiger partial charge in [0, 0.05) is 13.1 Å². The minimum absolute atomic E-state index is 0.00453. The summed E-state index contributed by atoms with van der Waals surface area (Å²) in [5, 5.41) is 0. The van der Waals surface area contributed by atoms with Crippen molar-refractivity contribution >= 4 is 5.78 Å². The van der Waals surface area contributed by atoms with Crippen molar-refractivity contribution in [1.29, 1.82) is 0 Å². The first-order valence-corrected chi connectivity index (χ1v) is 7.22. The number of rotatable bonds is 5. The number of methoxy groups -OCH3 is 1. The maximum absolute atomic E-state index is 11.7. The summed E-state index contributed by atoms with van der Waals surface area (Å²) >= 11 is 0. The van der Waals surface area contributed by atoms with Gasteiger partial charge in [-0.1, -0.05) is 13.0 Å². The van der Waals surface area contributed by atoms with Crippen LogP contribution in [0.3, 0.4) is 0 Å². The number of para-hydroxylation sites is 1. The molecule has 0 saturated carbocycles. The second-order valence-electron chi connectivity index (χ2n) is 5.14. The van der Waals surface area contributed by atoms with Gasteiger partial charge in [0.15, 0.2) is 17.3 Å². The molecule has 0 spiro atoms. The number of benzene rings is 1. The molecule has 1 aromatic carbocycles. The van der Waals surface area contributed by atoms with Crippen LogP contribution in [0, 0.1) is 0 Å². The zero-order valence-corrected chi connectivity index (χ0v) is 12.5. The second kappa shape index (κ2) is 6.75. The van der Waals surface area contributed by atoms with Gasteiger partial charge < -0.3 is 14.4 Å². The molecular weight excluding hydrogens is 254 g/mol. The molecule has 1 aromatic rings. The lowest BCUT2D eigenvalue weighted by Crippen LogP contribution is -2.38. The third-order valence-electron chi connectivity index (χ3n) is 3.84. The van der Waals surface area contributed by atoms with Gasteiger partial charge in [-0.3, -0.25) is 4.79 Å². The number of hydrogen-bond acceptors (Lipinski definition) is 4. The molecule has 2 rings (SSSR count). The molecular formula is C16H23NO3. The molecule has 20 heavy (non-hydrogen) atoms. The summed E-state index contributed by atoms with van der Waals surface area (Å²) in [7, 11) is 1.60. The molecule has 1 aliphatic rings. The van der Waals surface area contributed by atoms with Gasteiger partial charge in [0.1, 0.15) is 6.10 Å². The van der Waals surface area contributed by atoms with Crippen LogP contribution in [0.2, 0.25) is 0 Å². The maximum Gasteiger partial charge on any atom is 0.172 e. The van der Waals surface area contributed by atoms with Gasteiger partial charge in [0.2, 0.25) is 0 Å². The van der Waals surface area contributed by atoms with E-state index in [-0.39, 0.29) is 11.9 Å². The number of carbonyl (C=O) groups excluding carboxylic acids is 1. The molecule has 0 unspecified atom stereocenters. The molecule has 0 atom stereocenters. The lowest BCUT2D eigenvalue weighted by Gasteiger charge is -2.31. The predicted octanol–water partition coefficient (Wildman–Crippen LogP) is 2.76. The maximum atomic E-state index is 11.7. The molecule has 4 nitrogen and oxygen atoms in total. The van der Waals surface area contributed by atoms with E-state index in [4.69, 9.17) is 9.47 Å². The fraction of sp³-hybridized carbons (Fsp3) is 0.562. The highest BCUT2D eigenvalue weighted by Gasteiger charge is 2.23. The van der Waals surface area contributed by atoms with Crippen LogP contribution in [-0.2, 0) is 0 Å². The highest BCUT2D eigenvalue weighted by Crippen LogP contribution is 2.33. The van der Waals surface area contributed by atoms with E-state index in [0.29, 0.717) is 17.1 Å². The highest BCUT2D eigenvalue weighted by molar-refractivity contribution is 5.97. The first kappa shape index (κ1) is 14.9. The van der Waals surface area contributed by atoms with E-state index in [1.165, 1.54) is 0 Å². The molecule has 4 heteroatoms. The van der Waals surface area contributed by atoms with Crippen molar-refractivity contribution in [2.75, 3.05) is 26.7 Å². The lowest BCUT2D eigenvalue weighted by molar-refractivity contribution is 0.0941. The van der Waals surface area contributed by atoms with Gasteiger partial charge in [-0.2, -0.15) is 0 Å². The average Bonchev–Trinajstić information content (AvgIpc) is 2.48. The Labute approximate surface area is 120 Å². The van der Waals surface area contributed by atoms with Crippen molar-refractivity contribution in [3.63, 3.8) is 0 Å². The van der Waals surface area contributed by atoms with Crippen LogP contribution in [0.5, 0.6) is 11.5 Å². The van der Waals surface area contributed by atoms with E-state index >= 15 is 0 Å². The lowest BCUT2D eigenvalue weighted by atomic mass is 10.1. The molecule has 1 saturated heterocycles. The zero-order chi connectivity index (χ0) is 14.5. The standard InChI is InChI=1S/C16H23NO3/c1-4-17-10-8-13(9-11-17)20-16-14(12(2)18)6-5-7-15(16)19-3/h5-7,13H,4,8-11H2,1-3H3. The SMILES string of the molecule is CCN1CCC(Oc2c(OC)cccc2C(C)=O)CC1. The quantitative estimate of drug-likeness (QED) is 0.776. The van der Waals surface area contributed by atoms with Crippen LogP contribution in [0.15, 0.2) is 18.2 Å². The number of piperidine rings is 1. The first-order valence-electron chi connectivity index (χ1n) is 7.22. The third kappa shape index (κ3) is 3.31. The first-order chi connectivity index (χ1) is 9.65. The Morgan fingerprint density at radius 2 is 2.05 bits per heavy atom. The van der Waals surface area contributed by atoms with E-state index < -0.39 is 0 Å². The number of ether oxygens (including phenoxy) is 2. The Balaban J connectivity index is 2.14. The molecule has 1 heterocycles. The highest BCUT2D eigenvalue weighted by atomic mass is 16.5. The third-order valence-corrected chi connectivity index (χ3v) is 3.84. The molecule has 0 N–H and O–H groups in total. The molecule has 0 aromatic heterocycles. The van der Waals surface area contributed by atoms with Gasteiger partial charge >= 0.3 is 0 Å². The second-order valence-corrected chi connectivity index (χ2v) is 5.14. The number of carbonyl (C=O) groups is 1. The summed E-state index contributed by atoms with van der Waals surface area (Å²) in [5.74, 6) is 1.23. The average molecular weight is 277 g/mol. The van der Waals surface area contributed by atoms with Gasteiger partial charge in [0.05, 0.1) is 12.7 Å². The smallest absolute Gasteiger partial charge is 0.172 e. The van der Waals surface area contributed by atoms with E-state index in [9.17, 15) is 4.79 Å². The molecule has 0 amide bonds. The van der Waals surface area contributed by atoms with Gasteiger partial charge in [-0.05, 0) is 38.4 Å². The molecule has 0 aliphatic carbocycles. The number of likely N-dealkylation sites (tertiary alicyclic amines) is 1. The largest absolute Gasteiger partial charge is 0.493 e. The Hall–Kier alpha value is -1.55. The summed E-state index contributed by atoms with van der Waals surface area (Å²) < 4.78 is 11.4. The summed E-state index contributed by atoms with van der Waals surface area (Å²) in [6.07, 6.45) is 2.14. The number of Topliss-reactive ketones (excluding diaryl/α,β-unsaturated/α-hetero) is 1. The van der Waals surface area contributed by atoms with E-state index in [2.05, 4.69) is 11.8 Å². The van der Waals surface area contributed by atoms with Crippen molar-refractivity contribution in [3.05, 3.63) is 23.8 Å². The van der Waals surface area contributed by atoms with Gasteiger partial charge in [-0.25, -0.2) is 0 Å². The van der Waals surface area contributed by atoms with Crippen LogP contribution < -0.4 is 9.47 Å². The van der Waals surface area contributed by atoms with E-state index in [1.807, 2.05) is 12.1 Å². The minimum atomic E-state index is 0.00453. The fourth-order valence-corrected chi connectivity index (χ4v) is 2.59. The van der Waals surface area contributed by atoms with E-state index in [1.54, 1.807) is 20.1 Å². The summed E-state index contributed by atoms with van der Waals surface area (Å²) in [5.41, 5.74) is 0.599. The topological polar surface area (TPSA) is 38.8 Å². The molecule has 0 bridgehead atoms. The molecule has 0 radical (unpaired) electrons. The summed E-state index contributed by atoms with van der Waals surface area (Å²) in [4.78, 5) is 14.1. The Bertz CT molecular complexity index is 465. The summed E-state index contributed by atoms with van der Waals surface area (Å²) in [6, 6.07) is 5.45. The van der Waals surface area contributed by atoms with Crippen LogP contribution in [0.4, 0.5) is 0 Å². The number of nitrogens with zero attached hydrogens (tertiary/aromatic N) is 1. The molecule has 1 aliphatic heterocycles. The Kier molecular flexibility index (Phi) is 5.01. The van der Waals surface area contributed by atoms with Crippen LogP contribution in [-0.4, -0.2) is 43.5 Å². The number of hydrogen-bond donors (Lipinski definition) is 0. The normalized spacial score (nSPS) is 16.9. The van der Waals surface area contributed by atoms with Gasteiger partial charge in [-0.15, -0.1) is 0 Å². The monoisotopic (exact) mass is 277 g/mol. The van der Waals surface area contributed by atoms with Crippen molar-refractivity contribution in [2.24, 2.45) is 0 Å². The zero-order valence-electron chi connectivity index (χ0n) is 12.5. The van der Waals surface area contributed by atoms with Crippen molar-refractivity contribution < 1.29 is 14.3 Å². The van der Waals surface area contributed by atoms with Crippen LogP contribution in [0.25, 0.3) is 0 Å². The Morgan fingerprint density at radius 1 is 1.35 bits per heavy atom. The molecule has 1 fully saturated rings. The van der Waals surface area contributed by atoms with Gasteiger partial charge in [0.25, 0.3) is 0 Å². The number of ketones is 1.